The second-order valence-corrected chi connectivity index (χ2v) is 9.16. The zero-order valence-electron chi connectivity index (χ0n) is 17.0. The molecule has 2 N–H and O–H groups in total. The van der Waals surface area contributed by atoms with E-state index in [4.69, 9.17) is 0 Å². The lowest BCUT2D eigenvalue weighted by atomic mass is 9.91. The minimum Gasteiger partial charge on any atom is -0.368 e. The number of aromatic nitrogens is 2. The normalized spacial score (nSPS) is 19.3. The molecular weight excluding hydrogens is 437 g/mol. The van der Waals surface area contributed by atoms with Crippen molar-refractivity contribution in [2.24, 2.45) is 0 Å². The third-order valence-corrected chi connectivity index (χ3v) is 6.96. The Labute approximate surface area is 186 Å². The molecule has 9 heteroatoms. The number of halogens is 3. The van der Waals surface area contributed by atoms with E-state index < -0.39 is 11.9 Å². The van der Waals surface area contributed by atoms with Crippen molar-refractivity contribution in [1.82, 2.24) is 14.7 Å². The Balaban J connectivity index is 1.21. The Bertz CT molecular complexity index is 1240. The summed E-state index contributed by atoms with van der Waals surface area (Å²) in [5, 5.41) is 7.56. The van der Waals surface area contributed by atoms with Crippen molar-refractivity contribution in [2.45, 2.75) is 43.9 Å². The number of benzene rings is 1. The molecule has 3 aromatic heterocycles. The van der Waals surface area contributed by atoms with Gasteiger partial charge in [-0.25, -0.2) is 4.98 Å². The first kappa shape index (κ1) is 20.8. The van der Waals surface area contributed by atoms with Crippen LogP contribution in [0.25, 0.3) is 15.7 Å². The van der Waals surface area contributed by atoms with Crippen LogP contribution in [0.5, 0.6) is 0 Å². The summed E-state index contributed by atoms with van der Waals surface area (Å²) in [5.41, 5.74) is -0.647. The highest BCUT2D eigenvalue weighted by Gasteiger charge is 2.34. The topological polar surface area (TPSA) is 58.4 Å². The number of anilines is 1. The van der Waals surface area contributed by atoms with Gasteiger partial charge in [0.2, 0.25) is 0 Å². The van der Waals surface area contributed by atoms with Gasteiger partial charge in [0.15, 0.2) is 5.69 Å². The van der Waals surface area contributed by atoms with Crippen LogP contribution in [0.15, 0.2) is 54.7 Å². The van der Waals surface area contributed by atoms with E-state index in [1.807, 2.05) is 30.3 Å². The summed E-state index contributed by atoms with van der Waals surface area (Å²) < 4.78 is 41.6. The zero-order chi connectivity index (χ0) is 22.3. The van der Waals surface area contributed by atoms with Gasteiger partial charge >= 0.3 is 6.18 Å². The molecule has 1 saturated carbocycles. The van der Waals surface area contributed by atoms with Crippen molar-refractivity contribution < 1.29 is 18.0 Å². The molecule has 0 spiro atoms. The molecule has 1 aliphatic carbocycles. The van der Waals surface area contributed by atoms with E-state index in [0.29, 0.717) is 10.7 Å². The number of imidazole rings is 1. The van der Waals surface area contributed by atoms with E-state index in [0.717, 1.165) is 42.0 Å². The molecule has 0 aliphatic heterocycles. The Kier molecular flexibility index (Phi) is 5.28. The van der Waals surface area contributed by atoms with Crippen LogP contribution in [0.2, 0.25) is 0 Å². The van der Waals surface area contributed by atoms with Crippen molar-refractivity contribution in [3.05, 3.63) is 65.3 Å². The first-order valence-corrected chi connectivity index (χ1v) is 11.3. The van der Waals surface area contributed by atoms with Crippen LogP contribution in [0.3, 0.4) is 0 Å². The van der Waals surface area contributed by atoms with Gasteiger partial charge in [0, 0.05) is 23.0 Å². The molecule has 1 aromatic carbocycles. The number of rotatable bonds is 4. The molecule has 0 unspecified atom stereocenters. The standard InChI is InChI=1S/C23H21F3N4OS/c24-23(25,26)19-13-30-20(6-3-7-21(30)29-19)27-15-8-10-16(11-9-15)28-22(31)18-12-14-4-1-2-5-17(14)32-18/h1-7,12-13,15-16,27H,8-11H2,(H,28,31)/t15-,16+. The van der Waals surface area contributed by atoms with Gasteiger partial charge in [-0.05, 0) is 55.3 Å². The van der Waals surface area contributed by atoms with Gasteiger partial charge in [-0.2, -0.15) is 13.2 Å². The van der Waals surface area contributed by atoms with Crippen LogP contribution in [-0.2, 0) is 6.18 Å². The molecule has 0 saturated heterocycles. The average molecular weight is 459 g/mol. The van der Waals surface area contributed by atoms with E-state index in [-0.39, 0.29) is 23.6 Å². The first-order valence-electron chi connectivity index (χ1n) is 10.5. The molecular formula is C23H21F3N4OS. The quantitative estimate of drug-likeness (QED) is 0.411. The highest BCUT2D eigenvalue weighted by Crippen LogP contribution is 2.30. The van der Waals surface area contributed by atoms with E-state index in [1.165, 1.54) is 15.7 Å². The molecule has 0 radical (unpaired) electrons. The molecule has 1 amide bonds. The fourth-order valence-electron chi connectivity index (χ4n) is 4.21. The Morgan fingerprint density at radius 1 is 1.03 bits per heavy atom. The molecule has 1 aliphatic rings. The van der Waals surface area contributed by atoms with Gasteiger partial charge in [0.25, 0.3) is 5.91 Å². The van der Waals surface area contributed by atoms with Crippen LogP contribution in [0, 0.1) is 0 Å². The van der Waals surface area contributed by atoms with E-state index >= 15 is 0 Å². The van der Waals surface area contributed by atoms with Gasteiger partial charge in [-0.1, -0.05) is 24.3 Å². The molecule has 5 nitrogen and oxygen atoms in total. The number of fused-ring (bicyclic) bond motifs is 2. The summed E-state index contributed by atoms with van der Waals surface area (Å²) in [6, 6.07) is 15.1. The van der Waals surface area contributed by atoms with Gasteiger partial charge in [0.05, 0.1) is 4.88 Å². The fraction of sp³-hybridized carbons (Fsp3) is 0.304. The second-order valence-electron chi connectivity index (χ2n) is 8.08. The Hall–Kier alpha value is -3.07. The highest BCUT2D eigenvalue weighted by molar-refractivity contribution is 7.20. The van der Waals surface area contributed by atoms with Crippen LogP contribution >= 0.6 is 11.3 Å². The molecule has 166 valence electrons. The van der Waals surface area contributed by atoms with Crippen LogP contribution in [0.4, 0.5) is 19.0 Å². The maximum absolute atomic E-state index is 13.0. The van der Waals surface area contributed by atoms with Gasteiger partial charge in [-0.15, -0.1) is 11.3 Å². The molecule has 3 heterocycles. The van der Waals surface area contributed by atoms with Crippen molar-refractivity contribution in [3.63, 3.8) is 0 Å². The van der Waals surface area contributed by atoms with Crippen LogP contribution in [0.1, 0.15) is 41.0 Å². The minimum absolute atomic E-state index is 0.0505. The molecule has 32 heavy (non-hydrogen) atoms. The summed E-state index contributed by atoms with van der Waals surface area (Å²) in [5.74, 6) is 0.536. The summed E-state index contributed by atoms with van der Waals surface area (Å²) in [4.78, 5) is 17.1. The van der Waals surface area contributed by atoms with E-state index in [1.54, 1.807) is 18.2 Å². The van der Waals surface area contributed by atoms with Gasteiger partial charge in [-0.3, -0.25) is 9.20 Å². The number of thiophene rings is 1. The van der Waals surface area contributed by atoms with Crippen molar-refractivity contribution in [1.29, 1.82) is 0 Å². The number of nitrogens with one attached hydrogen (secondary N) is 2. The highest BCUT2D eigenvalue weighted by atomic mass is 32.1. The Morgan fingerprint density at radius 3 is 2.53 bits per heavy atom. The molecule has 1 fully saturated rings. The maximum atomic E-state index is 13.0. The number of alkyl halides is 3. The lowest BCUT2D eigenvalue weighted by molar-refractivity contribution is -0.140. The van der Waals surface area contributed by atoms with Crippen LogP contribution in [-0.4, -0.2) is 27.4 Å². The number of hydrogen-bond acceptors (Lipinski definition) is 4. The first-order chi connectivity index (χ1) is 15.4. The minimum atomic E-state index is -4.48. The monoisotopic (exact) mass is 458 g/mol. The number of carbonyl (C=O) groups excluding carboxylic acids is 1. The average Bonchev–Trinajstić information content (AvgIpc) is 3.40. The zero-order valence-corrected chi connectivity index (χ0v) is 17.8. The number of hydrogen-bond donors (Lipinski definition) is 2. The summed E-state index contributed by atoms with van der Waals surface area (Å²) in [6.07, 6.45) is -0.213. The maximum Gasteiger partial charge on any atom is 0.434 e. The predicted molar refractivity (Wildman–Crippen MR) is 119 cm³/mol. The van der Waals surface area contributed by atoms with Crippen molar-refractivity contribution in [2.75, 3.05) is 5.32 Å². The number of pyridine rings is 1. The number of carbonyl (C=O) groups is 1. The lowest BCUT2D eigenvalue weighted by Crippen LogP contribution is -2.40. The van der Waals surface area contributed by atoms with E-state index in [2.05, 4.69) is 15.6 Å². The SMILES string of the molecule is O=C(N[C@H]1CC[C@@H](Nc2cccc3nc(C(F)(F)F)cn23)CC1)c1cc2ccccc2s1. The molecule has 0 atom stereocenters. The number of nitrogens with zero attached hydrogens (tertiary/aromatic N) is 2. The fourth-order valence-corrected chi connectivity index (χ4v) is 5.17. The molecule has 5 rings (SSSR count). The van der Waals surface area contributed by atoms with Gasteiger partial charge in [0.1, 0.15) is 11.5 Å². The van der Waals surface area contributed by atoms with Gasteiger partial charge < -0.3 is 10.6 Å². The summed E-state index contributed by atoms with van der Waals surface area (Å²) >= 11 is 1.49. The molecule has 0 bridgehead atoms. The second kappa shape index (κ2) is 8.12. The lowest BCUT2D eigenvalue weighted by Gasteiger charge is -2.30. The third-order valence-electron chi connectivity index (χ3n) is 5.85. The van der Waals surface area contributed by atoms with Crippen LogP contribution < -0.4 is 10.6 Å². The number of amides is 1. The summed E-state index contributed by atoms with van der Waals surface area (Å²) in [6.45, 7) is 0. The smallest absolute Gasteiger partial charge is 0.368 e. The van der Waals surface area contributed by atoms with E-state index in [9.17, 15) is 18.0 Å². The third kappa shape index (κ3) is 4.17. The molecule has 4 aromatic rings. The van der Waals surface area contributed by atoms with Crippen molar-refractivity contribution >= 4 is 38.8 Å². The van der Waals surface area contributed by atoms with Crippen molar-refractivity contribution in [3.8, 4) is 0 Å². The largest absolute Gasteiger partial charge is 0.434 e. The Morgan fingerprint density at radius 2 is 1.78 bits per heavy atom. The predicted octanol–water partition coefficient (Wildman–Crippen LogP) is 5.72. The summed E-state index contributed by atoms with van der Waals surface area (Å²) in [7, 11) is 0.